The maximum atomic E-state index is 5.49. The first kappa shape index (κ1) is 17.7. The van der Waals surface area contributed by atoms with Crippen LogP contribution in [0.4, 0.5) is 0 Å². The van der Waals surface area contributed by atoms with Crippen molar-refractivity contribution in [2.45, 2.75) is 26.4 Å². The van der Waals surface area contributed by atoms with Gasteiger partial charge in [-0.3, -0.25) is 9.39 Å². The predicted octanol–water partition coefficient (Wildman–Crippen LogP) is 1.78. The van der Waals surface area contributed by atoms with E-state index in [0.29, 0.717) is 31.5 Å². The fraction of sp³-hybridized carbons (Fsp3) is 0.333. The molecule has 0 radical (unpaired) electrons. The van der Waals surface area contributed by atoms with Crippen LogP contribution in [0.1, 0.15) is 24.7 Å². The first-order valence-corrected chi connectivity index (χ1v) is 8.61. The van der Waals surface area contributed by atoms with Crippen molar-refractivity contribution in [1.82, 2.24) is 30.2 Å². The van der Waals surface area contributed by atoms with Crippen LogP contribution in [0, 0.1) is 0 Å². The van der Waals surface area contributed by atoms with E-state index in [1.165, 1.54) is 0 Å². The zero-order valence-corrected chi connectivity index (χ0v) is 15.0. The molecule has 26 heavy (non-hydrogen) atoms. The number of fused-ring (bicyclic) bond motifs is 1. The molecule has 3 rings (SSSR count). The summed E-state index contributed by atoms with van der Waals surface area (Å²) in [5.41, 5.74) is 1.87. The molecule has 0 aliphatic rings. The summed E-state index contributed by atoms with van der Waals surface area (Å²) in [5.74, 6) is 2.16. The van der Waals surface area contributed by atoms with Crippen molar-refractivity contribution >= 4 is 11.6 Å². The highest BCUT2D eigenvalue weighted by molar-refractivity contribution is 5.79. The molecule has 0 bridgehead atoms. The molecule has 3 heterocycles. The van der Waals surface area contributed by atoms with Crippen LogP contribution < -0.4 is 15.4 Å². The van der Waals surface area contributed by atoms with E-state index in [1.54, 1.807) is 13.2 Å². The maximum Gasteiger partial charge on any atom is 0.213 e. The molecule has 2 N–H and O–H groups in total. The van der Waals surface area contributed by atoms with Gasteiger partial charge in [0.05, 0.1) is 13.2 Å². The summed E-state index contributed by atoms with van der Waals surface area (Å²) in [5, 5.41) is 14.8. The molecule has 3 aromatic heterocycles. The summed E-state index contributed by atoms with van der Waals surface area (Å²) in [6, 6.07) is 9.68. The third-order valence-corrected chi connectivity index (χ3v) is 3.73. The molecule has 8 nitrogen and oxygen atoms in total. The Bertz CT molecular complexity index is 857. The third-order valence-electron chi connectivity index (χ3n) is 3.73. The average Bonchev–Trinajstić information content (AvgIpc) is 3.10. The van der Waals surface area contributed by atoms with Crippen molar-refractivity contribution in [3.05, 3.63) is 54.1 Å². The number of aromatic nitrogens is 4. The third kappa shape index (κ3) is 4.47. The second-order valence-corrected chi connectivity index (χ2v) is 5.68. The molecule has 0 aliphatic carbocycles. The van der Waals surface area contributed by atoms with Crippen LogP contribution in [0.25, 0.3) is 5.65 Å². The Morgan fingerprint density at radius 1 is 1.15 bits per heavy atom. The predicted molar refractivity (Wildman–Crippen MR) is 100 cm³/mol. The number of rotatable bonds is 7. The Kier molecular flexibility index (Phi) is 5.97. The quantitative estimate of drug-likeness (QED) is 0.497. The highest BCUT2D eigenvalue weighted by Crippen LogP contribution is 2.07. The summed E-state index contributed by atoms with van der Waals surface area (Å²) >= 11 is 0. The van der Waals surface area contributed by atoms with E-state index in [0.717, 1.165) is 23.5 Å². The monoisotopic (exact) mass is 353 g/mol. The van der Waals surface area contributed by atoms with E-state index in [2.05, 4.69) is 37.7 Å². The Morgan fingerprint density at radius 3 is 2.81 bits per heavy atom. The van der Waals surface area contributed by atoms with E-state index < -0.39 is 0 Å². The highest BCUT2D eigenvalue weighted by atomic mass is 16.5. The molecule has 0 aromatic carbocycles. The van der Waals surface area contributed by atoms with Gasteiger partial charge in [-0.25, -0.2) is 4.98 Å². The van der Waals surface area contributed by atoms with Crippen molar-refractivity contribution in [3.8, 4) is 5.88 Å². The van der Waals surface area contributed by atoms with E-state index >= 15 is 0 Å². The van der Waals surface area contributed by atoms with Gasteiger partial charge in [-0.2, -0.15) is 0 Å². The molecular weight excluding hydrogens is 330 g/mol. The van der Waals surface area contributed by atoms with Gasteiger partial charge in [0.15, 0.2) is 17.4 Å². The summed E-state index contributed by atoms with van der Waals surface area (Å²) < 4.78 is 7.43. The zero-order chi connectivity index (χ0) is 18.2. The minimum absolute atomic E-state index is 0.521. The summed E-state index contributed by atoms with van der Waals surface area (Å²) in [6.45, 7) is 3.88. The lowest BCUT2D eigenvalue weighted by atomic mass is 10.3. The van der Waals surface area contributed by atoms with E-state index in [1.807, 2.05) is 40.9 Å². The first-order chi connectivity index (χ1) is 12.8. The first-order valence-electron chi connectivity index (χ1n) is 8.61. The van der Waals surface area contributed by atoms with Crippen molar-refractivity contribution in [3.63, 3.8) is 0 Å². The van der Waals surface area contributed by atoms with Gasteiger partial charge in [0.1, 0.15) is 0 Å². The van der Waals surface area contributed by atoms with Crippen molar-refractivity contribution in [1.29, 1.82) is 0 Å². The second-order valence-electron chi connectivity index (χ2n) is 5.68. The molecule has 0 fully saturated rings. The van der Waals surface area contributed by atoms with E-state index in [4.69, 9.17) is 4.74 Å². The number of hydrogen-bond acceptors (Lipinski definition) is 5. The van der Waals surface area contributed by atoms with Gasteiger partial charge >= 0.3 is 0 Å². The van der Waals surface area contributed by atoms with Crippen molar-refractivity contribution in [2.24, 2.45) is 4.99 Å². The Labute approximate surface area is 152 Å². The van der Waals surface area contributed by atoms with Gasteiger partial charge in [-0.1, -0.05) is 19.1 Å². The normalized spacial score (nSPS) is 11.5. The van der Waals surface area contributed by atoms with Crippen LogP contribution in [0.15, 0.2) is 47.7 Å². The topological polar surface area (TPSA) is 88.7 Å². The Hall–Kier alpha value is -3.16. The largest absolute Gasteiger partial charge is 0.478 e. The standard InChI is InChI=1S/C18H23N7O/c1-3-10-26-17-8-7-14(11-20-17)12-21-18(19-2)22-13-16-24-23-15-6-4-5-9-25(15)16/h4-9,11H,3,10,12-13H2,1-2H3,(H2,19,21,22). The minimum Gasteiger partial charge on any atom is -0.478 e. The molecule has 0 amide bonds. The molecule has 3 aromatic rings. The van der Waals surface area contributed by atoms with Crippen LogP contribution in [-0.4, -0.2) is 39.2 Å². The molecule has 136 valence electrons. The van der Waals surface area contributed by atoms with Gasteiger partial charge in [0, 0.05) is 32.1 Å². The Balaban J connectivity index is 1.52. The molecule has 0 atom stereocenters. The van der Waals surface area contributed by atoms with E-state index in [-0.39, 0.29) is 0 Å². The number of nitrogens with zero attached hydrogens (tertiary/aromatic N) is 5. The van der Waals surface area contributed by atoms with Crippen molar-refractivity contribution < 1.29 is 4.74 Å². The lowest BCUT2D eigenvalue weighted by molar-refractivity contribution is 0.305. The summed E-state index contributed by atoms with van der Waals surface area (Å²) in [4.78, 5) is 8.53. The van der Waals surface area contributed by atoms with Gasteiger partial charge < -0.3 is 15.4 Å². The number of pyridine rings is 2. The van der Waals surface area contributed by atoms with Crippen molar-refractivity contribution in [2.75, 3.05) is 13.7 Å². The lowest BCUT2D eigenvalue weighted by Crippen LogP contribution is -2.36. The van der Waals surface area contributed by atoms with Crippen LogP contribution in [0.2, 0.25) is 0 Å². The number of ether oxygens (including phenoxy) is 1. The van der Waals surface area contributed by atoms with Gasteiger partial charge in [-0.15, -0.1) is 10.2 Å². The van der Waals surface area contributed by atoms with E-state index in [9.17, 15) is 0 Å². The van der Waals surface area contributed by atoms with Crippen LogP contribution >= 0.6 is 0 Å². The second kappa shape index (κ2) is 8.80. The molecule has 0 spiro atoms. The molecular formula is C18H23N7O. The molecule has 0 saturated carbocycles. The fourth-order valence-corrected chi connectivity index (χ4v) is 2.39. The summed E-state index contributed by atoms with van der Waals surface area (Å²) in [7, 11) is 1.73. The molecule has 0 aliphatic heterocycles. The molecule has 0 saturated heterocycles. The maximum absolute atomic E-state index is 5.49. The highest BCUT2D eigenvalue weighted by Gasteiger charge is 2.06. The number of aliphatic imine (C=N–C) groups is 1. The summed E-state index contributed by atoms with van der Waals surface area (Å²) in [6.07, 6.45) is 4.71. The average molecular weight is 353 g/mol. The molecule has 0 unspecified atom stereocenters. The van der Waals surface area contributed by atoms with Gasteiger partial charge in [0.25, 0.3) is 0 Å². The van der Waals surface area contributed by atoms with Crippen LogP contribution in [0.5, 0.6) is 5.88 Å². The Morgan fingerprint density at radius 2 is 2.04 bits per heavy atom. The fourth-order valence-electron chi connectivity index (χ4n) is 2.39. The van der Waals surface area contributed by atoms with Gasteiger partial charge in [0.2, 0.25) is 5.88 Å². The lowest BCUT2D eigenvalue weighted by Gasteiger charge is -2.11. The SMILES string of the molecule is CCCOc1ccc(CNC(=NC)NCc2nnc3ccccn23)cn1. The number of hydrogen-bond donors (Lipinski definition) is 2. The minimum atomic E-state index is 0.521. The van der Waals surface area contributed by atoms with Crippen LogP contribution in [-0.2, 0) is 13.1 Å². The number of guanidine groups is 1. The van der Waals surface area contributed by atoms with Crippen LogP contribution in [0.3, 0.4) is 0 Å². The zero-order valence-electron chi connectivity index (χ0n) is 15.0. The molecule has 8 heteroatoms. The number of nitrogens with one attached hydrogen (secondary N) is 2. The smallest absolute Gasteiger partial charge is 0.213 e. The van der Waals surface area contributed by atoms with Gasteiger partial charge in [-0.05, 0) is 24.1 Å².